The first-order chi connectivity index (χ1) is 11.7. The zero-order chi connectivity index (χ0) is 16.8. The van der Waals surface area contributed by atoms with E-state index in [9.17, 15) is 9.18 Å². The summed E-state index contributed by atoms with van der Waals surface area (Å²) in [7, 11) is 0. The van der Waals surface area contributed by atoms with Gasteiger partial charge in [0.2, 0.25) is 0 Å². The molecular formula is C21H18FNO. The lowest BCUT2D eigenvalue weighted by Gasteiger charge is -2.10. The first-order valence-corrected chi connectivity index (χ1v) is 7.87. The van der Waals surface area contributed by atoms with Crippen LogP contribution in [0.4, 0.5) is 4.39 Å². The van der Waals surface area contributed by atoms with Gasteiger partial charge in [0.25, 0.3) is 5.91 Å². The van der Waals surface area contributed by atoms with E-state index in [1.807, 2.05) is 54.6 Å². The average molecular weight is 319 g/mol. The Kier molecular flexibility index (Phi) is 5.02. The maximum absolute atomic E-state index is 12.9. The molecule has 0 saturated carbocycles. The minimum atomic E-state index is -0.279. The zero-order valence-corrected chi connectivity index (χ0v) is 13.2. The first kappa shape index (κ1) is 15.9. The minimum Gasteiger partial charge on any atom is -0.348 e. The molecule has 0 aliphatic carbocycles. The molecule has 0 fully saturated rings. The molecule has 120 valence electrons. The smallest absolute Gasteiger partial charge is 0.251 e. The molecule has 3 aromatic rings. The van der Waals surface area contributed by atoms with Crippen LogP contribution in [0.5, 0.6) is 0 Å². The summed E-state index contributed by atoms with van der Waals surface area (Å²) in [6.45, 7) is 0.374. The molecule has 0 saturated heterocycles. The van der Waals surface area contributed by atoms with Crippen LogP contribution < -0.4 is 5.32 Å². The molecule has 0 heterocycles. The number of hydrogen-bond acceptors (Lipinski definition) is 1. The molecule has 0 aliphatic heterocycles. The van der Waals surface area contributed by atoms with E-state index in [-0.39, 0.29) is 11.7 Å². The average Bonchev–Trinajstić information content (AvgIpc) is 2.62. The van der Waals surface area contributed by atoms with Crippen molar-refractivity contribution < 1.29 is 9.18 Å². The third-order valence-corrected chi connectivity index (χ3v) is 3.87. The van der Waals surface area contributed by atoms with Crippen molar-refractivity contribution >= 4 is 5.91 Å². The molecule has 0 aliphatic rings. The van der Waals surface area contributed by atoms with Gasteiger partial charge in [-0.15, -0.1) is 0 Å². The summed E-state index contributed by atoms with van der Waals surface area (Å²) in [5.74, 6) is -0.399. The Morgan fingerprint density at radius 2 is 1.46 bits per heavy atom. The molecular weight excluding hydrogens is 301 g/mol. The fourth-order valence-electron chi connectivity index (χ4n) is 2.59. The van der Waals surface area contributed by atoms with Crippen LogP contribution in [-0.4, -0.2) is 5.91 Å². The number of hydrogen-bond donors (Lipinski definition) is 1. The van der Waals surface area contributed by atoms with Crippen LogP contribution in [0.2, 0.25) is 0 Å². The van der Waals surface area contributed by atoms with Gasteiger partial charge in [0.15, 0.2) is 0 Å². The first-order valence-electron chi connectivity index (χ1n) is 7.87. The second kappa shape index (κ2) is 7.55. The summed E-state index contributed by atoms with van der Waals surface area (Å²) in [5.41, 5.74) is 3.69. The van der Waals surface area contributed by atoms with Crippen molar-refractivity contribution in [3.05, 3.63) is 107 Å². The van der Waals surface area contributed by atoms with Crippen molar-refractivity contribution in [2.75, 3.05) is 0 Å². The fourth-order valence-corrected chi connectivity index (χ4v) is 2.59. The van der Waals surface area contributed by atoms with Gasteiger partial charge in [-0.2, -0.15) is 0 Å². The van der Waals surface area contributed by atoms with Crippen LogP contribution in [-0.2, 0) is 13.0 Å². The van der Waals surface area contributed by atoms with Crippen LogP contribution in [0.15, 0.2) is 78.9 Å². The van der Waals surface area contributed by atoms with E-state index in [0.29, 0.717) is 18.5 Å². The largest absolute Gasteiger partial charge is 0.348 e. The maximum atomic E-state index is 12.9. The summed E-state index contributed by atoms with van der Waals surface area (Å²) < 4.78 is 12.9. The quantitative estimate of drug-likeness (QED) is 0.744. The highest BCUT2D eigenvalue weighted by Gasteiger charge is 2.11. The number of rotatable bonds is 5. The highest BCUT2D eigenvalue weighted by Crippen LogP contribution is 2.15. The molecule has 3 rings (SSSR count). The summed E-state index contributed by atoms with van der Waals surface area (Å²) in [6, 6.07) is 23.8. The molecule has 24 heavy (non-hydrogen) atoms. The summed E-state index contributed by atoms with van der Waals surface area (Å²) >= 11 is 0. The monoisotopic (exact) mass is 319 g/mol. The molecule has 2 nitrogen and oxygen atoms in total. The molecule has 0 atom stereocenters. The van der Waals surface area contributed by atoms with Gasteiger partial charge in [-0.25, -0.2) is 4.39 Å². The highest BCUT2D eigenvalue weighted by molar-refractivity contribution is 5.95. The maximum Gasteiger partial charge on any atom is 0.251 e. The van der Waals surface area contributed by atoms with Crippen molar-refractivity contribution in [1.29, 1.82) is 0 Å². The normalized spacial score (nSPS) is 10.4. The number of nitrogens with one attached hydrogen (secondary N) is 1. The third-order valence-electron chi connectivity index (χ3n) is 3.87. The lowest BCUT2D eigenvalue weighted by Crippen LogP contribution is -2.24. The Hall–Kier alpha value is -2.94. The second-order valence-electron chi connectivity index (χ2n) is 5.63. The SMILES string of the molecule is O=C(NCc1ccc(F)cc1)c1ccccc1Cc1ccccc1. The standard InChI is InChI=1S/C21H18FNO/c22-19-12-10-17(11-13-19)15-23-21(24)20-9-5-4-8-18(20)14-16-6-2-1-3-7-16/h1-13H,14-15H2,(H,23,24). The number of halogens is 1. The predicted molar refractivity (Wildman–Crippen MR) is 93.3 cm³/mol. The van der Waals surface area contributed by atoms with Crippen molar-refractivity contribution in [3.63, 3.8) is 0 Å². The zero-order valence-electron chi connectivity index (χ0n) is 13.2. The summed E-state index contributed by atoms with van der Waals surface area (Å²) in [6.07, 6.45) is 0.709. The van der Waals surface area contributed by atoms with Crippen LogP contribution in [0, 0.1) is 5.82 Å². The van der Waals surface area contributed by atoms with Gasteiger partial charge < -0.3 is 5.32 Å². The van der Waals surface area contributed by atoms with Crippen molar-refractivity contribution in [2.45, 2.75) is 13.0 Å². The number of carbonyl (C=O) groups excluding carboxylic acids is 1. The molecule has 0 unspecified atom stereocenters. The molecule has 0 radical (unpaired) electrons. The lowest BCUT2D eigenvalue weighted by atomic mass is 9.99. The van der Waals surface area contributed by atoms with Gasteiger partial charge in [0.05, 0.1) is 0 Å². The molecule has 1 N–H and O–H groups in total. The Morgan fingerprint density at radius 3 is 2.21 bits per heavy atom. The minimum absolute atomic E-state index is 0.120. The van der Waals surface area contributed by atoms with E-state index < -0.39 is 0 Å². The predicted octanol–water partition coefficient (Wildman–Crippen LogP) is 4.35. The van der Waals surface area contributed by atoms with Crippen LogP contribution in [0.25, 0.3) is 0 Å². The second-order valence-corrected chi connectivity index (χ2v) is 5.63. The van der Waals surface area contributed by atoms with Gasteiger partial charge in [0.1, 0.15) is 5.82 Å². The van der Waals surface area contributed by atoms with Crippen molar-refractivity contribution in [3.8, 4) is 0 Å². The third kappa shape index (κ3) is 4.07. The highest BCUT2D eigenvalue weighted by atomic mass is 19.1. The van der Waals surface area contributed by atoms with Crippen LogP contribution in [0.1, 0.15) is 27.0 Å². The summed E-state index contributed by atoms with van der Waals surface area (Å²) in [5, 5.41) is 2.90. The fraction of sp³-hybridized carbons (Fsp3) is 0.0952. The van der Waals surface area contributed by atoms with E-state index in [1.54, 1.807) is 12.1 Å². The number of benzene rings is 3. The topological polar surface area (TPSA) is 29.1 Å². The Labute approximate surface area is 141 Å². The molecule has 0 spiro atoms. The Balaban J connectivity index is 1.71. The molecule has 1 amide bonds. The van der Waals surface area contributed by atoms with Gasteiger partial charge >= 0.3 is 0 Å². The lowest BCUT2D eigenvalue weighted by molar-refractivity contribution is 0.0950. The molecule has 0 aromatic heterocycles. The van der Waals surface area contributed by atoms with Gasteiger partial charge in [0, 0.05) is 12.1 Å². The van der Waals surface area contributed by atoms with E-state index in [1.165, 1.54) is 12.1 Å². The van der Waals surface area contributed by atoms with E-state index in [4.69, 9.17) is 0 Å². The molecule has 3 heteroatoms. The van der Waals surface area contributed by atoms with Crippen LogP contribution >= 0.6 is 0 Å². The van der Waals surface area contributed by atoms with E-state index in [0.717, 1.165) is 16.7 Å². The van der Waals surface area contributed by atoms with Crippen molar-refractivity contribution in [1.82, 2.24) is 5.32 Å². The number of amides is 1. The van der Waals surface area contributed by atoms with Gasteiger partial charge in [-0.1, -0.05) is 60.7 Å². The van der Waals surface area contributed by atoms with Crippen molar-refractivity contribution in [2.24, 2.45) is 0 Å². The Morgan fingerprint density at radius 1 is 0.792 bits per heavy atom. The summed E-state index contributed by atoms with van der Waals surface area (Å²) in [4.78, 5) is 12.5. The van der Waals surface area contributed by atoms with E-state index in [2.05, 4.69) is 5.32 Å². The van der Waals surface area contributed by atoms with E-state index >= 15 is 0 Å². The van der Waals surface area contributed by atoms with Gasteiger partial charge in [-0.3, -0.25) is 4.79 Å². The molecule has 3 aromatic carbocycles. The Bertz CT molecular complexity index is 813. The van der Waals surface area contributed by atoms with Gasteiger partial charge in [-0.05, 0) is 41.3 Å². The number of carbonyl (C=O) groups is 1. The molecule has 0 bridgehead atoms. The van der Waals surface area contributed by atoms with Crippen LogP contribution in [0.3, 0.4) is 0 Å².